The van der Waals surface area contributed by atoms with Crippen LogP contribution in [0.25, 0.3) is 0 Å². The van der Waals surface area contributed by atoms with Crippen molar-refractivity contribution in [3.05, 3.63) is 0 Å². The Kier molecular flexibility index (Phi) is 1.70. The molecule has 0 aromatic rings. The van der Waals surface area contributed by atoms with Crippen LogP contribution in [0.5, 0.6) is 0 Å². The first kappa shape index (κ1) is 8.83. The topological polar surface area (TPSA) is 34.1 Å². The highest BCUT2D eigenvalue weighted by molar-refractivity contribution is 7.86. The zero-order valence-electron chi connectivity index (χ0n) is 5.72. The largest absolute Gasteiger partial charge is 0.302 e. The van der Waals surface area contributed by atoms with Crippen molar-refractivity contribution in [2.75, 3.05) is 5.75 Å². The van der Waals surface area contributed by atoms with E-state index >= 15 is 0 Å². The third-order valence-corrected chi connectivity index (χ3v) is 2.73. The molecule has 1 aliphatic carbocycles. The second-order valence-electron chi connectivity index (χ2n) is 2.78. The van der Waals surface area contributed by atoms with E-state index in [2.05, 4.69) is 0 Å². The minimum Gasteiger partial charge on any atom is -0.206 e. The smallest absolute Gasteiger partial charge is 0.206 e. The molecule has 1 saturated carbocycles. The molecule has 0 unspecified atom stereocenters. The molecule has 0 bridgehead atoms. The van der Waals surface area contributed by atoms with Gasteiger partial charge in [0.25, 0.3) is 5.92 Å². The highest BCUT2D eigenvalue weighted by Gasteiger charge is 2.66. The van der Waals surface area contributed by atoms with Gasteiger partial charge in [-0.3, -0.25) is 0 Å². The van der Waals surface area contributed by atoms with Gasteiger partial charge in [-0.2, -0.15) is 8.42 Å². The van der Waals surface area contributed by atoms with Gasteiger partial charge in [0.05, 0.1) is 5.75 Å². The average molecular weight is 188 g/mol. The van der Waals surface area contributed by atoms with Crippen LogP contribution < -0.4 is 0 Å². The molecule has 2 nitrogen and oxygen atoms in total. The molecule has 0 spiro atoms. The maximum Gasteiger partial charge on any atom is 0.302 e. The summed E-state index contributed by atoms with van der Waals surface area (Å²) in [5.41, 5.74) is 0. The van der Waals surface area contributed by atoms with Gasteiger partial charge in [-0.1, -0.05) is 6.92 Å². The van der Waals surface area contributed by atoms with Gasteiger partial charge in [0.1, 0.15) is 0 Å². The van der Waals surface area contributed by atoms with Gasteiger partial charge >= 0.3 is 10.2 Å². The van der Waals surface area contributed by atoms with Crippen molar-refractivity contribution in [2.45, 2.75) is 12.8 Å². The molecule has 0 saturated heterocycles. The summed E-state index contributed by atoms with van der Waals surface area (Å²) in [4.78, 5) is 0. The van der Waals surface area contributed by atoms with Crippen molar-refractivity contribution in [3.63, 3.8) is 0 Å². The number of rotatable bonds is 2. The van der Waals surface area contributed by atoms with Crippen LogP contribution in [0.1, 0.15) is 6.92 Å². The zero-order valence-corrected chi connectivity index (χ0v) is 6.54. The average Bonchev–Trinajstić information content (AvgIpc) is 2.14. The van der Waals surface area contributed by atoms with E-state index in [0.29, 0.717) is 0 Å². The van der Waals surface area contributed by atoms with E-state index in [1.807, 2.05) is 0 Å². The molecule has 66 valence electrons. The van der Waals surface area contributed by atoms with Crippen LogP contribution in [-0.4, -0.2) is 20.1 Å². The summed E-state index contributed by atoms with van der Waals surface area (Å²) in [7, 11) is -4.74. The van der Waals surface area contributed by atoms with E-state index in [1.165, 1.54) is 6.92 Å². The molecule has 1 aliphatic rings. The molecule has 0 heterocycles. The van der Waals surface area contributed by atoms with Crippen LogP contribution in [0, 0.1) is 11.8 Å². The first-order valence-electron chi connectivity index (χ1n) is 3.05. The SMILES string of the molecule is C[C@@H]1[C@@H](CS(=O)(=O)F)C1(F)F. The van der Waals surface area contributed by atoms with Gasteiger partial charge in [-0.05, 0) is 0 Å². The lowest BCUT2D eigenvalue weighted by Crippen LogP contribution is -2.05. The molecule has 2 atom stereocenters. The monoisotopic (exact) mass is 188 g/mol. The van der Waals surface area contributed by atoms with Crippen molar-refractivity contribution in [1.29, 1.82) is 0 Å². The quantitative estimate of drug-likeness (QED) is 0.610. The maximum atomic E-state index is 12.3. The highest BCUT2D eigenvalue weighted by atomic mass is 32.3. The fourth-order valence-corrected chi connectivity index (χ4v) is 1.97. The first-order valence-corrected chi connectivity index (χ1v) is 4.60. The van der Waals surface area contributed by atoms with Gasteiger partial charge in [-0.15, -0.1) is 3.89 Å². The Balaban J connectivity index is 2.58. The molecule has 0 aromatic heterocycles. The van der Waals surface area contributed by atoms with Crippen LogP contribution in [0.4, 0.5) is 12.7 Å². The van der Waals surface area contributed by atoms with E-state index in [-0.39, 0.29) is 0 Å². The van der Waals surface area contributed by atoms with E-state index in [9.17, 15) is 21.1 Å². The van der Waals surface area contributed by atoms with Crippen LogP contribution in [-0.2, 0) is 10.2 Å². The van der Waals surface area contributed by atoms with Crippen molar-refractivity contribution < 1.29 is 21.1 Å². The lowest BCUT2D eigenvalue weighted by molar-refractivity contribution is 0.0894. The normalized spacial score (nSPS) is 35.3. The summed E-state index contributed by atoms with van der Waals surface area (Å²) in [5.74, 6) is -6.37. The Labute approximate surface area is 62.6 Å². The number of hydrogen-bond acceptors (Lipinski definition) is 2. The van der Waals surface area contributed by atoms with Crippen molar-refractivity contribution in [3.8, 4) is 0 Å². The molecule has 0 aromatic carbocycles. The second kappa shape index (κ2) is 2.12. The number of hydrogen-bond donors (Lipinski definition) is 0. The Morgan fingerprint density at radius 2 is 1.82 bits per heavy atom. The highest BCUT2D eigenvalue weighted by Crippen LogP contribution is 2.55. The fraction of sp³-hybridized carbons (Fsp3) is 1.00. The molecule has 0 amide bonds. The van der Waals surface area contributed by atoms with Gasteiger partial charge < -0.3 is 0 Å². The molecule has 11 heavy (non-hydrogen) atoms. The standard InChI is InChI=1S/C5H7F3O2S/c1-3-4(5(3,6)7)2-11(8,9)10/h3-4H,2H2,1H3/t3-,4-/m1/s1. The van der Waals surface area contributed by atoms with Crippen molar-refractivity contribution in [1.82, 2.24) is 0 Å². The Morgan fingerprint density at radius 1 is 1.45 bits per heavy atom. The van der Waals surface area contributed by atoms with Crippen molar-refractivity contribution in [2.24, 2.45) is 11.8 Å². The molecule has 0 N–H and O–H groups in total. The predicted octanol–water partition coefficient (Wildman–Crippen LogP) is 1.19. The van der Waals surface area contributed by atoms with Crippen LogP contribution in [0.2, 0.25) is 0 Å². The van der Waals surface area contributed by atoms with E-state index in [1.54, 1.807) is 0 Å². The minimum absolute atomic E-state index is 1.01. The van der Waals surface area contributed by atoms with E-state index in [4.69, 9.17) is 0 Å². The minimum atomic E-state index is -4.74. The molecule has 1 fully saturated rings. The maximum absolute atomic E-state index is 12.3. The third-order valence-electron chi connectivity index (χ3n) is 1.97. The predicted molar refractivity (Wildman–Crippen MR) is 32.5 cm³/mol. The van der Waals surface area contributed by atoms with Gasteiger partial charge in [0.2, 0.25) is 0 Å². The Bertz CT molecular complexity index is 259. The number of halogens is 3. The van der Waals surface area contributed by atoms with E-state index in [0.717, 1.165) is 0 Å². The molecular weight excluding hydrogens is 181 g/mol. The summed E-state index contributed by atoms with van der Waals surface area (Å²) in [6.45, 7) is 1.20. The number of alkyl halides is 2. The summed E-state index contributed by atoms with van der Waals surface area (Å²) in [6, 6.07) is 0. The lowest BCUT2D eigenvalue weighted by Gasteiger charge is -1.91. The third kappa shape index (κ3) is 1.66. The van der Waals surface area contributed by atoms with Crippen molar-refractivity contribution >= 4 is 10.2 Å². The summed E-state index contributed by atoms with van der Waals surface area (Å²) in [6.07, 6.45) is 0. The summed E-state index contributed by atoms with van der Waals surface area (Å²) >= 11 is 0. The fourth-order valence-electron chi connectivity index (χ4n) is 1.03. The molecule has 0 aliphatic heterocycles. The van der Waals surface area contributed by atoms with Crippen LogP contribution in [0.15, 0.2) is 0 Å². The molecule has 0 radical (unpaired) electrons. The van der Waals surface area contributed by atoms with Gasteiger partial charge in [0, 0.05) is 11.8 Å². The molecule has 6 heteroatoms. The second-order valence-corrected chi connectivity index (χ2v) is 4.19. The molecular formula is C5H7F3O2S. The summed E-state index contributed by atoms with van der Waals surface area (Å²) < 4.78 is 56.2. The first-order chi connectivity index (χ1) is 4.75. The van der Waals surface area contributed by atoms with Crippen LogP contribution in [0.3, 0.4) is 0 Å². The Hall–Kier alpha value is -0.260. The van der Waals surface area contributed by atoms with Crippen LogP contribution >= 0.6 is 0 Å². The van der Waals surface area contributed by atoms with Gasteiger partial charge in [0.15, 0.2) is 0 Å². The zero-order chi connectivity index (χ0) is 8.86. The molecule has 1 rings (SSSR count). The summed E-state index contributed by atoms with van der Waals surface area (Å²) in [5, 5.41) is 0. The Morgan fingerprint density at radius 3 is 1.91 bits per heavy atom. The van der Waals surface area contributed by atoms with Gasteiger partial charge in [-0.25, -0.2) is 8.78 Å². The van der Waals surface area contributed by atoms with E-state index < -0.39 is 33.7 Å². The lowest BCUT2D eigenvalue weighted by atomic mass is 10.4.